The second kappa shape index (κ2) is 10.7. The van der Waals surface area contributed by atoms with Gasteiger partial charge >= 0.3 is 6.18 Å². The first kappa shape index (κ1) is 26.6. The number of carbonyl (C=O) groups excluding carboxylic acids is 2. The van der Waals surface area contributed by atoms with Gasteiger partial charge in [-0.2, -0.15) is 18.4 Å². The van der Waals surface area contributed by atoms with Gasteiger partial charge in [0.25, 0.3) is 0 Å². The molecule has 2 heterocycles. The number of alkyl halides is 3. The predicted molar refractivity (Wildman–Crippen MR) is 136 cm³/mol. The van der Waals surface area contributed by atoms with Crippen LogP contribution in [0.1, 0.15) is 62.5 Å². The molecule has 5 rings (SSSR count). The van der Waals surface area contributed by atoms with Gasteiger partial charge in [0.1, 0.15) is 0 Å². The summed E-state index contributed by atoms with van der Waals surface area (Å²) in [6.07, 6.45) is 3.45. The van der Waals surface area contributed by atoms with E-state index in [4.69, 9.17) is 0 Å². The average Bonchev–Trinajstić information content (AvgIpc) is 3.43. The molecule has 1 aromatic rings. The van der Waals surface area contributed by atoms with Crippen LogP contribution in [0.15, 0.2) is 47.2 Å². The maximum Gasteiger partial charge on any atom is 0.416 e. The van der Waals surface area contributed by atoms with E-state index in [0.717, 1.165) is 76.0 Å². The highest BCUT2D eigenvalue weighted by Gasteiger charge is 2.50. The summed E-state index contributed by atoms with van der Waals surface area (Å²) in [5, 5.41) is 13.6. The normalized spacial score (nSPS) is 26.8. The van der Waals surface area contributed by atoms with E-state index in [9.17, 15) is 28.0 Å². The molecule has 1 fully saturated rings. The molecule has 0 saturated carbocycles. The zero-order valence-corrected chi connectivity index (χ0v) is 21.4. The first-order chi connectivity index (χ1) is 18.2. The summed E-state index contributed by atoms with van der Waals surface area (Å²) in [5.74, 6) is -1.01. The Bertz CT molecular complexity index is 1210. The van der Waals surface area contributed by atoms with Gasteiger partial charge in [0, 0.05) is 24.2 Å². The quantitative estimate of drug-likeness (QED) is 0.589. The molecule has 9 heteroatoms. The summed E-state index contributed by atoms with van der Waals surface area (Å²) >= 11 is 0. The van der Waals surface area contributed by atoms with Crippen molar-refractivity contribution in [2.24, 2.45) is 0 Å². The van der Waals surface area contributed by atoms with E-state index in [2.05, 4.69) is 15.1 Å². The van der Waals surface area contributed by atoms with Crippen LogP contribution in [0.2, 0.25) is 0 Å². The lowest BCUT2D eigenvalue weighted by atomic mass is 9.66. The molecule has 0 spiro atoms. The molecule has 0 radical (unpaired) electrons. The fourth-order valence-electron chi connectivity index (χ4n) is 6.45. The van der Waals surface area contributed by atoms with Crippen molar-refractivity contribution in [3.63, 3.8) is 0 Å². The van der Waals surface area contributed by atoms with E-state index in [1.165, 1.54) is 36.7 Å². The van der Waals surface area contributed by atoms with E-state index in [0.29, 0.717) is 6.67 Å². The maximum atomic E-state index is 14.0. The number of rotatable bonds is 6. The summed E-state index contributed by atoms with van der Waals surface area (Å²) in [6.45, 7) is 4.79. The molecular formula is C29H33F3N4O2. The number of hydrogen-bond acceptors (Lipinski definition) is 6. The number of allylic oxidation sites excluding steroid dienone is 2. The van der Waals surface area contributed by atoms with Crippen LogP contribution in [-0.4, -0.2) is 60.3 Å². The molecule has 38 heavy (non-hydrogen) atoms. The van der Waals surface area contributed by atoms with Gasteiger partial charge in [0.05, 0.1) is 24.3 Å². The minimum absolute atomic E-state index is 0.0871. The van der Waals surface area contributed by atoms with E-state index < -0.39 is 41.2 Å². The maximum absolute atomic E-state index is 14.0. The second-order valence-corrected chi connectivity index (χ2v) is 10.8. The van der Waals surface area contributed by atoms with Crippen LogP contribution in [0.3, 0.4) is 0 Å². The number of likely N-dealkylation sites (tertiary alicyclic amines) is 1. The van der Waals surface area contributed by atoms with Crippen molar-refractivity contribution in [1.29, 1.82) is 5.26 Å². The lowest BCUT2D eigenvalue weighted by molar-refractivity contribution is -0.137. The molecule has 2 aliphatic heterocycles. The monoisotopic (exact) mass is 526 g/mol. The van der Waals surface area contributed by atoms with Gasteiger partial charge in [-0.05, 0) is 93.9 Å². The molecule has 202 valence electrons. The lowest BCUT2D eigenvalue weighted by Crippen LogP contribution is -2.53. The lowest BCUT2D eigenvalue weighted by Gasteiger charge is -2.43. The number of benzene rings is 1. The summed E-state index contributed by atoms with van der Waals surface area (Å²) in [4.78, 5) is 31.7. The molecule has 6 nitrogen and oxygen atoms in total. The van der Waals surface area contributed by atoms with Gasteiger partial charge in [0.15, 0.2) is 17.0 Å². The van der Waals surface area contributed by atoms with Crippen molar-refractivity contribution >= 4 is 11.6 Å². The number of ketones is 2. The second-order valence-electron chi connectivity index (χ2n) is 10.8. The highest BCUT2D eigenvalue weighted by molar-refractivity contribution is 6.16. The zero-order valence-electron chi connectivity index (χ0n) is 21.4. The molecule has 0 aromatic heterocycles. The van der Waals surface area contributed by atoms with Crippen LogP contribution >= 0.6 is 0 Å². The summed E-state index contributed by atoms with van der Waals surface area (Å²) in [5.41, 5.74) is -0.559. The fourth-order valence-corrected chi connectivity index (χ4v) is 6.45. The first-order valence-electron chi connectivity index (χ1n) is 13.5. The van der Waals surface area contributed by atoms with Crippen LogP contribution in [0, 0.1) is 11.3 Å². The minimum atomic E-state index is -4.63. The van der Waals surface area contributed by atoms with Crippen LogP contribution in [0.25, 0.3) is 0 Å². The van der Waals surface area contributed by atoms with Crippen molar-refractivity contribution in [2.75, 3.05) is 32.8 Å². The van der Waals surface area contributed by atoms with Crippen molar-refractivity contribution < 1.29 is 22.8 Å². The first-order valence-corrected chi connectivity index (χ1v) is 13.5. The Morgan fingerprint density at radius 2 is 1.84 bits per heavy atom. The highest BCUT2D eigenvalue weighted by Crippen LogP contribution is 2.42. The van der Waals surface area contributed by atoms with Crippen molar-refractivity contribution in [3.8, 4) is 6.07 Å². The largest absolute Gasteiger partial charge is 0.416 e. The number of nitrogens with one attached hydrogen (secondary N) is 1. The topological polar surface area (TPSA) is 76.4 Å². The molecule has 0 bridgehead atoms. The number of halogens is 3. The van der Waals surface area contributed by atoms with Crippen LogP contribution in [-0.2, 0) is 21.2 Å². The van der Waals surface area contributed by atoms with Crippen LogP contribution in [0.5, 0.6) is 0 Å². The van der Waals surface area contributed by atoms with E-state index in [-0.39, 0.29) is 11.1 Å². The average molecular weight is 527 g/mol. The Morgan fingerprint density at radius 1 is 1.08 bits per heavy atom. The predicted octanol–water partition coefficient (Wildman–Crippen LogP) is 4.48. The van der Waals surface area contributed by atoms with E-state index >= 15 is 0 Å². The Morgan fingerprint density at radius 3 is 2.58 bits per heavy atom. The summed E-state index contributed by atoms with van der Waals surface area (Å²) in [6, 6.07) is 5.71. The van der Waals surface area contributed by atoms with Gasteiger partial charge in [-0.15, -0.1) is 0 Å². The fraction of sp³-hybridized carbons (Fsp3) is 0.552. The Balaban J connectivity index is 1.43. The van der Waals surface area contributed by atoms with E-state index in [1.54, 1.807) is 0 Å². The summed E-state index contributed by atoms with van der Waals surface area (Å²) in [7, 11) is 0. The zero-order chi connectivity index (χ0) is 26.9. The molecule has 2 unspecified atom stereocenters. The molecule has 1 aromatic carbocycles. The Kier molecular flexibility index (Phi) is 7.47. The minimum Gasteiger partial charge on any atom is -0.362 e. The standard InChI is InChI=1S/C29H33F3N4O2/c30-29(31,32)21-8-5-7-20(15-21)28(18-33)17-22(37)16-24(27(28)38)26-23-9-1-2-10-25(23)36(19-34-26)14-6-13-35-11-3-4-12-35/h5,7-8,15-16,26,34H,1-4,6,9-14,17,19H2. The number of Topliss-reactive ketones (excluding diaryl/α,β-unsaturated/α-hetero) is 1. The number of carbonyl (C=O) groups is 2. The van der Waals surface area contributed by atoms with Gasteiger partial charge in [-0.3, -0.25) is 14.9 Å². The van der Waals surface area contributed by atoms with Gasteiger partial charge in [-0.25, -0.2) is 0 Å². The smallest absolute Gasteiger partial charge is 0.362 e. The van der Waals surface area contributed by atoms with Gasteiger partial charge in [-0.1, -0.05) is 12.1 Å². The van der Waals surface area contributed by atoms with Gasteiger partial charge < -0.3 is 9.80 Å². The SMILES string of the molecule is N#CC1(c2cccc(C(F)(F)F)c2)CC(=O)C=C(C2NCN(CCCN3CCCC3)C3=C2CCCC3)C1=O. The van der Waals surface area contributed by atoms with Gasteiger partial charge in [0.2, 0.25) is 0 Å². The highest BCUT2D eigenvalue weighted by atomic mass is 19.4. The van der Waals surface area contributed by atoms with Crippen molar-refractivity contribution in [3.05, 3.63) is 58.3 Å². The van der Waals surface area contributed by atoms with Crippen molar-refractivity contribution in [1.82, 2.24) is 15.1 Å². The molecule has 4 aliphatic rings. The van der Waals surface area contributed by atoms with Crippen LogP contribution in [0.4, 0.5) is 13.2 Å². The molecule has 1 saturated heterocycles. The number of hydrogen-bond donors (Lipinski definition) is 1. The third-order valence-electron chi connectivity index (χ3n) is 8.39. The Hall–Kier alpha value is -2.96. The third-order valence-corrected chi connectivity index (χ3v) is 8.39. The molecule has 0 amide bonds. The number of nitrogens with zero attached hydrogens (tertiary/aromatic N) is 3. The molecule has 1 N–H and O–H groups in total. The molecular weight excluding hydrogens is 493 g/mol. The molecule has 2 atom stereocenters. The van der Waals surface area contributed by atoms with E-state index in [1.807, 2.05) is 6.07 Å². The molecule has 2 aliphatic carbocycles. The van der Waals surface area contributed by atoms with Crippen LogP contribution < -0.4 is 5.32 Å². The number of nitriles is 1. The van der Waals surface area contributed by atoms with Crippen molar-refractivity contribution in [2.45, 2.75) is 69.0 Å². The Labute approximate surface area is 221 Å². The summed E-state index contributed by atoms with van der Waals surface area (Å²) < 4.78 is 40.3. The third kappa shape index (κ3) is 5.04.